The number of carbonyl (C=O) groups is 2. The minimum absolute atomic E-state index is 0.0503. The number of rotatable bonds is 13. The molecular formula is C34H37N3O5S. The molecule has 0 unspecified atom stereocenters. The first kappa shape index (κ1) is 31.3. The molecule has 224 valence electrons. The number of benzene rings is 4. The number of aryl methyl sites for hydroxylation is 1. The normalized spacial score (nSPS) is 11.8. The fourth-order valence-electron chi connectivity index (χ4n) is 4.82. The summed E-state index contributed by atoms with van der Waals surface area (Å²) in [6.07, 6.45) is 0.257. The number of amides is 2. The number of sulfonamides is 1. The lowest BCUT2D eigenvalue weighted by Gasteiger charge is -2.34. The van der Waals surface area contributed by atoms with Gasteiger partial charge < -0.3 is 15.0 Å². The molecule has 0 saturated heterocycles. The average Bonchev–Trinajstić information content (AvgIpc) is 3.03. The number of anilines is 1. The quantitative estimate of drug-likeness (QED) is 0.234. The monoisotopic (exact) mass is 599 g/mol. The van der Waals surface area contributed by atoms with Crippen LogP contribution in [0.3, 0.4) is 0 Å². The molecule has 0 heterocycles. The lowest BCUT2D eigenvalue weighted by atomic mass is 10.0. The topological polar surface area (TPSA) is 96.0 Å². The minimum atomic E-state index is -4.15. The van der Waals surface area contributed by atoms with Gasteiger partial charge in [-0.05, 0) is 66.9 Å². The summed E-state index contributed by atoms with van der Waals surface area (Å²) < 4.78 is 34.7. The Bertz CT molecular complexity index is 1610. The molecule has 0 radical (unpaired) electrons. The molecule has 0 bridgehead atoms. The van der Waals surface area contributed by atoms with Gasteiger partial charge in [-0.25, -0.2) is 8.42 Å². The Morgan fingerprint density at radius 1 is 0.837 bits per heavy atom. The third-order valence-electron chi connectivity index (χ3n) is 7.17. The lowest BCUT2D eigenvalue weighted by molar-refractivity contribution is -0.139. The highest BCUT2D eigenvalue weighted by Crippen LogP contribution is 2.27. The molecule has 0 aliphatic rings. The standard InChI is InChI=1S/C34H37N3O5S/c1-4-42-30-21-19-29(20-22-30)37(43(40,41)31-17-9-6-10-18-31)25-33(38)36(24-28-16-12-11-13-26(28)2)32(34(39)35-3)23-27-14-7-5-8-15-27/h5-22,32H,4,23-25H2,1-3H3,(H,35,39)/t32-/m1/s1. The van der Waals surface area contributed by atoms with Gasteiger partial charge >= 0.3 is 0 Å². The van der Waals surface area contributed by atoms with Crippen LogP contribution in [-0.2, 0) is 32.6 Å². The average molecular weight is 600 g/mol. The Balaban J connectivity index is 1.78. The second-order valence-corrected chi connectivity index (χ2v) is 11.9. The fourth-order valence-corrected chi connectivity index (χ4v) is 6.25. The van der Waals surface area contributed by atoms with Crippen LogP contribution in [0.4, 0.5) is 5.69 Å². The minimum Gasteiger partial charge on any atom is -0.494 e. The molecule has 9 heteroatoms. The van der Waals surface area contributed by atoms with Crippen LogP contribution in [0.5, 0.6) is 5.75 Å². The third-order valence-corrected chi connectivity index (χ3v) is 8.95. The van der Waals surface area contributed by atoms with Crippen LogP contribution in [0.25, 0.3) is 0 Å². The predicted octanol–water partition coefficient (Wildman–Crippen LogP) is 4.98. The molecule has 4 aromatic carbocycles. The van der Waals surface area contributed by atoms with Crippen molar-refractivity contribution in [2.24, 2.45) is 0 Å². The molecule has 4 aromatic rings. The SMILES string of the molecule is CCOc1ccc(N(CC(=O)N(Cc2ccccc2C)[C@H](Cc2ccccc2)C(=O)NC)S(=O)(=O)c2ccccc2)cc1. The molecule has 0 aliphatic heterocycles. The Labute approximate surface area is 254 Å². The van der Waals surface area contributed by atoms with E-state index in [-0.39, 0.29) is 23.8 Å². The Morgan fingerprint density at radius 2 is 1.44 bits per heavy atom. The Morgan fingerprint density at radius 3 is 2.05 bits per heavy atom. The van der Waals surface area contributed by atoms with Crippen molar-refractivity contribution in [3.05, 3.63) is 126 Å². The summed E-state index contributed by atoms with van der Waals surface area (Å²) in [5, 5.41) is 2.70. The van der Waals surface area contributed by atoms with E-state index in [1.807, 2.05) is 68.4 Å². The van der Waals surface area contributed by atoms with Crippen LogP contribution >= 0.6 is 0 Å². The maximum Gasteiger partial charge on any atom is 0.264 e. The molecule has 8 nitrogen and oxygen atoms in total. The lowest BCUT2D eigenvalue weighted by Crippen LogP contribution is -2.53. The number of likely N-dealkylation sites (N-methyl/N-ethyl adjacent to an activating group) is 1. The van der Waals surface area contributed by atoms with E-state index in [4.69, 9.17) is 4.74 Å². The molecule has 1 atom stereocenters. The summed E-state index contributed by atoms with van der Waals surface area (Å²) in [4.78, 5) is 29.2. The number of ether oxygens (including phenoxy) is 1. The maximum atomic E-state index is 14.4. The van der Waals surface area contributed by atoms with Gasteiger partial charge in [-0.2, -0.15) is 0 Å². The summed E-state index contributed by atoms with van der Waals surface area (Å²) in [5.41, 5.74) is 2.99. The van der Waals surface area contributed by atoms with E-state index in [1.165, 1.54) is 24.1 Å². The first-order valence-corrected chi connectivity index (χ1v) is 15.6. The first-order chi connectivity index (χ1) is 20.7. The van der Waals surface area contributed by atoms with Crippen molar-refractivity contribution in [1.82, 2.24) is 10.2 Å². The molecule has 2 amide bonds. The van der Waals surface area contributed by atoms with Crippen molar-refractivity contribution >= 4 is 27.5 Å². The van der Waals surface area contributed by atoms with Gasteiger partial charge in [-0.1, -0.05) is 72.8 Å². The van der Waals surface area contributed by atoms with Gasteiger partial charge in [-0.15, -0.1) is 0 Å². The molecule has 1 N–H and O–H groups in total. The van der Waals surface area contributed by atoms with E-state index in [1.54, 1.807) is 42.5 Å². The second kappa shape index (κ2) is 14.5. The molecule has 4 rings (SSSR count). The molecule has 0 saturated carbocycles. The van der Waals surface area contributed by atoms with Crippen molar-refractivity contribution in [3.8, 4) is 5.75 Å². The van der Waals surface area contributed by atoms with E-state index in [2.05, 4.69) is 5.32 Å². The summed E-state index contributed by atoms with van der Waals surface area (Å²) in [5.74, 6) is -0.274. The number of nitrogens with zero attached hydrogens (tertiary/aromatic N) is 2. The molecule has 0 spiro atoms. The van der Waals surface area contributed by atoms with Gasteiger partial charge in [0.25, 0.3) is 10.0 Å². The largest absolute Gasteiger partial charge is 0.494 e. The van der Waals surface area contributed by atoms with Crippen LogP contribution in [-0.4, -0.2) is 51.4 Å². The van der Waals surface area contributed by atoms with E-state index >= 15 is 0 Å². The molecular weight excluding hydrogens is 562 g/mol. The van der Waals surface area contributed by atoms with Crippen LogP contribution in [0, 0.1) is 6.92 Å². The smallest absolute Gasteiger partial charge is 0.264 e. The summed E-state index contributed by atoms with van der Waals surface area (Å²) in [6, 6.07) is 30.8. The summed E-state index contributed by atoms with van der Waals surface area (Å²) >= 11 is 0. The van der Waals surface area contributed by atoms with Gasteiger partial charge in [0.2, 0.25) is 11.8 Å². The number of hydrogen-bond acceptors (Lipinski definition) is 5. The highest BCUT2D eigenvalue weighted by Gasteiger charge is 2.34. The van der Waals surface area contributed by atoms with Crippen molar-refractivity contribution in [2.75, 3.05) is 24.5 Å². The zero-order valence-electron chi connectivity index (χ0n) is 24.6. The number of hydrogen-bond donors (Lipinski definition) is 1. The fraction of sp³-hybridized carbons (Fsp3) is 0.235. The first-order valence-electron chi connectivity index (χ1n) is 14.1. The van der Waals surface area contributed by atoms with E-state index in [0.29, 0.717) is 18.0 Å². The van der Waals surface area contributed by atoms with Crippen LogP contribution in [0.2, 0.25) is 0 Å². The highest BCUT2D eigenvalue weighted by molar-refractivity contribution is 7.92. The van der Waals surface area contributed by atoms with Crippen molar-refractivity contribution in [2.45, 2.75) is 37.8 Å². The zero-order valence-corrected chi connectivity index (χ0v) is 25.5. The van der Waals surface area contributed by atoms with Crippen LogP contribution in [0.1, 0.15) is 23.6 Å². The van der Waals surface area contributed by atoms with Gasteiger partial charge in [0.1, 0.15) is 18.3 Å². The molecule has 0 fully saturated rings. The van der Waals surface area contributed by atoms with E-state index < -0.39 is 28.5 Å². The highest BCUT2D eigenvalue weighted by atomic mass is 32.2. The molecule has 0 aromatic heterocycles. The third kappa shape index (κ3) is 7.81. The molecule has 0 aliphatic carbocycles. The Kier molecular flexibility index (Phi) is 10.6. The van der Waals surface area contributed by atoms with Gasteiger partial charge in [-0.3, -0.25) is 13.9 Å². The predicted molar refractivity (Wildman–Crippen MR) is 168 cm³/mol. The van der Waals surface area contributed by atoms with Crippen LogP contribution in [0.15, 0.2) is 114 Å². The van der Waals surface area contributed by atoms with Crippen molar-refractivity contribution in [1.29, 1.82) is 0 Å². The van der Waals surface area contributed by atoms with E-state index in [0.717, 1.165) is 21.0 Å². The zero-order chi connectivity index (χ0) is 30.8. The van der Waals surface area contributed by atoms with Gasteiger partial charge in [0.05, 0.1) is 17.2 Å². The Hall–Kier alpha value is -4.63. The van der Waals surface area contributed by atoms with Crippen LogP contribution < -0.4 is 14.4 Å². The van der Waals surface area contributed by atoms with Crippen molar-refractivity contribution in [3.63, 3.8) is 0 Å². The van der Waals surface area contributed by atoms with Crippen molar-refractivity contribution < 1.29 is 22.7 Å². The van der Waals surface area contributed by atoms with Gasteiger partial charge in [0.15, 0.2) is 0 Å². The number of carbonyl (C=O) groups excluding carboxylic acids is 2. The summed E-state index contributed by atoms with van der Waals surface area (Å²) in [7, 11) is -2.62. The van der Waals surface area contributed by atoms with E-state index in [9.17, 15) is 18.0 Å². The summed E-state index contributed by atoms with van der Waals surface area (Å²) in [6.45, 7) is 3.87. The maximum absolute atomic E-state index is 14.4. The van der Waals surface area contributed by atoms with Gasteiger partial charge in [0, 0.05) is 20.0 Å². The molecule has 43 heavy (non-hydrogen) atoms. The second-order valence-electron chi connectivity index (χ2n) is 10.0. The number of nitrogens with one attached hydrogen (secondary N) is 1.